The number of benzene rings is 3. The van der Waals surface area contributed by atoms with Gasteiger partial charge >= 0.3 is 5.97 Å². The molecule has 6 heteroatoms. The number of halogens is 1. The Morgan fingerprint density at radius 2 is 1.56 bits per heavy atom. The van der Waals surface area contributed by atoms with E-state index in [0.717, 1.165) is 11.1 Å². The van der Waals surface area contributed by atoms with E-state index in [9.17, 15) is 14.3 Å². The summed E-state index contributed by atoms with van der Waals surface area (Å²) in [5.41, 5.74) is 3.27. The quantitative estimate of drug-likeness (QED) is 0.428. The van der Waals surface area contributed by atoms with E-state index in [0.29, 0.717) is 35.5 Å². The van der Waals surface area contributed by atoms with Crippen LogP contribution in [0.5, 0.6) is 11.5 Å². The second-order valence-corrected chi connectivity index (χ2v) is 7.50. The van der Waals surface area contributed by atoms with Gasteiger partial charge in [-0.05, 0) is 47.2 Å². The lowest BCUT2D eigenvalue weighted by molar-refractivity contribution is -0.140. The molecule has 0 aromatic heterocycles. The zero-order valence-electron chi connectivity index (χ0n) is 18.3. The predicted molar refractivity (Wildman–Crippen MR) is 122 cm³/mol. The van der Waals surface area contributed by atoms with Crippen LogP contribution in [-0.2, 0) is 17.9 Å². The van der Waals surface area contributed by atoms with Crippen molar-refractivity contribution in [3.8, 4) is 11.5 Å². The Balaban J connectivity index is 1.89. The van der Waals surface area contributed by atoms with Crippen LogP contribution in [0, 0.1) is 0 Å². The van der Waals surface area contributed by atoms with E-state index >= 15 is 0 Å². The number of aliphatic carboxylic acids is 1. The molecular formula is C26H28FNO4. The molecule has 0 fully saturated rings. The third-order valence-electron chi connectivity index (χ3n) is 5.46. The first kappa shape index (κ1) is 23.3. The summed E-state index contributed by atoms with van der Waals surface area (Å²) in [6.45, 7) is -0.493. The molecule has 2 atom stereocenters. The van der Waals surface area contributed by atoms with Crippen LogP contribution in [0.25, 0.3) is 0 Å². The molecule has 0 aliphatic carbocycles. The fourth-order valence-corrected chi connectivity index (χ4v) is 3.68. The van der Waals surface area contributed by atoms with Gasteiger partial charge < -0.3 is 14.6 Å². The van der Waals surface area contributed by atoms with E-state index in [2.05, 4.69) is 5.32 Å². The lowest BCUT2D eigenvalue weighted by Gasteiger charge is -2.25. The van der Waals surface area contributed by atoms with E-state index in [1.807, 2.05) is 48.5 Å². The molecule has 0 saturated heterocycles. The number of alkyl halides is 1. The number of carbonyl (C=O) groups is 1. The van der Waals surface area contributed by atoms with Gasteiger partial charge in [0.2, 0.25) is 0 Å². The van der Waals surface area contributed by atoms with Crippen molar-refractivity contribution in [3.05, 3.63) is 95.1 Å². The number of hydrogen-bond acceptors (Lipinski definition) is 4. The molecule has 3 rings (SSSR count). The van der Waals surface area contributed by atoms with Gasteiger partial charge in [-0.2, -0.15) is 0 Å². The van der Waals surface area contributed by atoms with Crippen LogP contribution >= 0.6 is 0 Å². The maximum atomic E-state index is 12.8. The van der Waals surface area contributed by atoms with E-state index in [1.165, 1.54) is 0 Å². The highest BCUT2D eigenvalue weighted by molar-refractivity contribution is 5.75. The monoisotopic (exact) mass is 437 g/mol. The molecular weight excluding hydrogens is 409 g/mol. The van der Waals surface area contributed by atoms with Crippen LogP contribution in [-0.4, -0.2) is 25.3 Å². The van der Waals surface area contributed by atoms with Gasteiger partial charge in [-0.25, -0.2) is 4.39 Å². The highest BCUT2D eigenvalue weighted by Gasteiger charge is 2.25. The number of ether oxygens (including phenoxy) is 2. The Hall–Kier alpha value is -3.38. The number of carboxylic acid groups (broad SMARTS) is 1. The zero-order chi connectivity index (χ0) is 22.9. The average molecular weight is 438 g/mol. The maximum Gasteiger partial charge on any atom is 0.325 e. The van der Waals surface area contributed by atoms with Crippen LogP contribution < -0.4 is 14.8 Å². The Morgan fingerprint density at radius 1 is 0.906 bits per heavy atom. The molecule has 3 aromatic rings. The third kappa shape index (κ3) is 5.86. The van der Waals surface area contributed by atoms with Crippen molar-refractivity contribution in [2.45, 2.75) is 31.6 Å². The molecule has 32 heavy (non-hydrogen) atoms. The minimum absolute atomic E-state index is 0.267. The molecule has 0 saturated carbocycles. The van der Waals surface area contributed by atoms with Gasteiger partial charge in [0, 0.05) is 6.04 Å². The maximum absolute atomic E-state index is 12.8. The first-order valence-corrected chi connectivity index (χ1v) is 10.4. The molecule has 0 amide bonds. The number of aryl methyl sites for hydroxylation is 1. The van der Waals surface area contributed by atoms with Crippen molar-refractivity contribution in [2.75, 3.05) is 14.2 Å². The van der Waals surface area contributed by atoms with Gasteiger partial charge in [0.1, 0.15) is 12.7 Å². The number of rotatable bonds is 11. The van der Waals surface area contributed by atoms with Gasteiger partial charge in [-0.1, -0.05) is 60.7 Å². The van der Waals surface area contributed by atoms with Crippen molar-refractivity contribution < 1.29 is 23.8 Å². The van der Waals surface area contributed by atoms with E-state index in [4.69, 9.17) is 9.47 Å². The second-order valence-electron chi connectivity index (χ2n) is 7.50. The lowest BCUT2D eigenvalue weighted by atomic mass is 9.96. The zero-order valence-corrected chi connectivity index (χ0v) is 18.3. The molecule has 0 bridgehead atoms. The molecule has 1 unspecified atom stereocenters. The summed E-state index contributed by atoms with van der Waals surface area (Å²) in [7, 11) is 3.14. The summed E-state index contributed by atoms with van der Waals surface area (Å²) in [6.07, 6.45) is 1.33. The Bertz CT molecular complexity index is 1010. The van der Waals surface area contributed by atoms with Crippen LogP contribution in [0.3, 0.4) is 0 Å². The number of hydrogen-bond donors (Lipinski definition) is 2. The van der Waals surface area contributed by atoms with Gasteiger partial charge in [-0.15, -0.1) is 0 Å². The summed E-state index contributed by atoms with van der Waals surface area (Å²) in [4.78, 5) is 12.1. The number of methoxy groups -OCH3 is 2. The van der Waals surface area contributed by atoms with Crippen LogP contribution in [0.2, 0.25) is 0 Å². The standard InChI is InChI=1S/C26H28FNO4/c1-31-23-15-13-21(16-24(23)32-2)22(14-12-18-8-10-19(17-27)11-9-18)28-25(26(29)30)20-6-4-3-5-7-20/h3-11,13,15-16,22,25,28H,12,14,17H2,1-2H3,(H,29,30)/t22?,25-/m0/s1. The molecule has 5 nitrogen and oxygen atoms in total. The summed E-state index contributed by atoms with van der Waals surface area (Å²) >= 11 is 0. The van der Waals surface area contributed by atoms with Gasteiger partial charge in [-0.3, -0.25) is 10.1 Å². The lowest BCUT2D eigenvalue weighted by Crippen LogP contribution is -2.32. The largest absolute Gasteiger partial charge is 0.493 e. The third-order valence-corrected chi connectivity index (χ3v) is 5.46. The smallest absolute Gasteiger partial charge is 0.325 e. The number of carboxylic acids is 1. The van der Waals surface area contributed by atoms with E-state index < -0.39 is 18.7 Å². The minimum atomic E-state index is -0.950. The second kappa shape index (κ2) is 11.3. The van der Waals surface area contributed by atoms with E-state index in [1.54, 1.807) is 38.5 Å². The van der Waals surface area contributed by atoms with Gasteiger partial charge in [0.25, 0.3) is 0 Å². The molecule has 0 aliphatic heterocycles. The number of nitrogens with one attached hydrogen (secondary N) is 1. The Labute approximate surface area is 187 Å². The first-order valence-electron chi connectivity index (χ1n) is 10.4. The van der Waals surface area contributed by atoms with Crippen molar-refractivity contribution in [1.29, 1.82) is 0 Å². The minimum Gasteiger partial charge on any atom is -0.493 e. The normalized spacial score (nSPS) is 12.7. The van der Waals surface area contributed by atoms with Crippen LogP contribution in [0.15, 0.2) is 72.8 Å². The Morgan fingerprint density at radius 3 is 2.16 bits per heavy atom. The highest BCUT2D eigenvalue weighted by atomic mass is 19.1. The van der Waals surface area contributed by atoms with Crippen molar-refractivity contribution >= 4 is 5.97 Å². The molecule has 2 N–H and O–H groups in total. The van der Waals surface area contributed by atoms with Gasteiger partial charge in [0.05, 0.1) is 14.2 Å². The molecule has 168 valence electrons. The summed E-state index contributed by atoms with van der Waals surface area (Å²) < 4.78 is 23.6. The van der Waals surface area contributed by atoms with Crippen molar-refractivity contribution in [1.82, 2.24) is 5.32 Å². The summed E-state index contributed by atoms with van der Waals surface area (Å²) in [5.74, 6) is 0.235. The first-order chi connectivity index (χ1) is 15.5. The van der Waals surface area contributed by atoms with Crippen molar-refractivity contribution in [2.24, 2.45) is 0 Å². The molecule has 0 radical (unpaired) electrons. The molecule has 0 aliphatic rings. The summed E-state index contributed by atoms with van der Waals surface area (Å²) in [6, 6.07) is 20.9. The fourth-order valence-electron chi connectivity index (χ4n) is 3.68. The Kier molecular flexibility index (Phi) is 8.22. The van der Waals surface area contributed by atoms with Crippen molar-refractivity contribution in [3.63, 3.8) is 0 Å². The SMILES string of the molecule is COc1ccc(C(CCc2ccc(CF)cc2)N[C@H](C(=O)O)c2ccccc2)cc1OC. The predicted octanol–water partition coefficient (Wildman–Crippen LogP) is 5.26. The average Bonchev–Trinajstić information content (AvgIpc) is 2.84. The van der Waals surface area contributed by atoms with Crippen LogP contribution in [0.1, 0.15) is 40.8 Å². The topological polar surface area (TPSA) is 67.8 Å². The highest BCUT2D eigenvalue weighted by Crippen LogP contribution is 2.32. The molecule has 0 heterocycles. The molecule has 3 aromatic carbocycles. The van der Waals surface area contributed by atoms with E-state index in [-0.39, 0.29) is 6.04 Å². The summed E-state index contributed by atoms with van der Waals surface area (Å²) in [5, 5.41) is 13.2. The molecule has 0 spiro atoms. The fraction of sp³-hybridized carbons (Fsp3) is 0.269. The van der Waals surface area contributed by atoms with Crippen LogP contribution in [0.4, 0.5) is 4.39 Å². The van der Waals surface area contributed by atoms with Gasteiger partial charge in [0.15, 0.2) is 11.5 Å².